The van der Waals surface area contributed by atoms with Gasteiger partial charge in [-0.3, -0.25) is 24.2 Å². The number of carbonyl (C=O) groups excluding carboxylic acids is 2. The Morgan fingerprint density at radius 2 is 1.89 bits per heavy atom. The van der Waals surface area contributed by atoms with Gasteiger partial charge in [0.1, 0.15) is 11.4 Å². The molecule has 7 rings (SSSR count). The number of amides is 2. The zero-order valence-corrected chi connectivity index (χ0v) is 20.9. The number of likely N-dealkylation sites (tertiary alicyclic amines) is 1. The van der Waals surface area contributed by atoms with Crippen LogP contribution in [0.4, 0.5) is 0 Å². The first kappa shape index (κ1) is 21.8. The molecule has 4 aliphatic rings. The molecule has 1 aromatic heterocycles. The molecule has 0 radical (unpaired) electrons. The van der Waals surface area contributed by atoms with Gasteiger partial charge in [0.05, 0.1) is 11.7 Å². The quantitative estimate of drug-likeness (QED) is 0.555. The molecule has 2 aliphatic heterocycles. The summed E-state index contributed by atoms with van der Waals surface area (Å²) in [5.41, 5.74) is 5.07. The number of hydrogen-bond donors (Lipinski definition) is 0. The first-order chi connectivity index (χ1) is 17.4. The third-order valence-corrected chi connectivity index (χ3v) is 8.45. The summed E-state index contributed by atoms with van der Waals surface area (Å²) in [6, 6.07) is 12.9. The van der Waals surface area contributed by atoms with Crippen LogP contribution in [0.2, 0.25) is 0 Å². The summed E-state index contributed by atoms with van der Waals surface area (Å²) in [5, 5.41) is 5.49. The summed E-state index contributed by atoms with van der Waals surface area (Å²) in [6.45, 7) is 4.34. The molecule has 1 unspecified atom stereocenters. The number of aliphatic imine (C=N–C) groups is 1. The predicted molar refractivity (Wildman–Crippen MR) is 139 cm³/mol. The molecule has 0 bridgehead atoms. The van der Waals surface area contributed by atoms with Crippen LogP contribution >= 0.6 is 0 Å². The van der Waals surface area contributed by atoms with Gasteiger partial charge >= 0.3 is 0 Å². The van der Waals surface area contributed by atoms with E-state index in [4.69, 9.17) is 4.99 Å². The molecule has 1 atom stereocenters. The van der Waals surface area contributed by atoms with Gasteiger partial charge in [-0.25, -0.2) is 0 Å². The average Bonchev–Trinajstić information content (AvgIpc) is 3.78. The number of nitrogens with zero attached hydrogens (tertiary/aromatic N) is 5. The van der Waals surface area contributed by atoms with Crippen molar-refractivity contribution in [1.29, 1.82) is 0 Å². The van der Waals surface area contributed by atoms with Crippen LogP contribution in [0.1, 0.15) is 43.2 Å². The van der Waals surface area contributed by atoms with E-state index < -0.39 is 5.54 Å². The van der Waals surface area contributed by atoms with Crippen LogP contribution in [0.15, 0.2) is 47.6 Å². The Hall–Kier alpha value is -3.48. The SMILES string of the molecule is Cc1cc(C2=NC3(CC3)C(=O)N2CC2CCN(C(=O)C3CC3)C2)ccc1-c1ccc2c(cnn2C)c1. The molecule has 1 spiro atoms. The number of amidine groups is 1. The second-order valence-electron chi connectivity index (χ2n) is 11.2. The van der Waals surface area contributed by atoms with Crippen LogP contribution in [0.5, 0.6) is 0 Å². The van der Waals surface area contributed by atoms with E-state index in [-0.39, 0.29) is 11.8 Å². The first-order valence-electron chi connectivity index (χ1n) is 13.2. The van der Waals surface area contributed by atoms with E-state index >= 15 is 0 Å². The summed E-state index contributed by atoms with van der Waals surface area (Å²) in [4.78, 5) is 34.9. The standard InChI is InChI=1S/C29H31N5O2/c1-18-13-22(5-7-24(18)21-6-8-25-23(14-21)15-30-32(25)2)26-31-29(10-11-29)28(36)34(26)17-19-9-12-33(16-19)27(35)20-3-4-20/h5-8,13-15,19-20H,3-4,9-12,16-17H2,1-2H3. The molecule has 3 aromatic rings. The molecule has 0 N–H and O–H groups in total. The van der Waals surface area contributed by atoms with Gasteiger partial charge in [0.2, 0.25) is 5.91 Å². The van der Waals surface area contributed by atoms with Gasteiger partial charge in [-0.05, 0) is 79.8 Å². The van der Waals surface area contributed by atoms with Crippen LogP contribution in [-0.4, -0.2) is 62.4 Å². The van der Waals surface area contributed by atoms with Crippen molar-refractivity contribution in [1.82, 2.24) is 19.6 Å². The van der Waals surface area contributed by atoms with Crippen molar-refractivity contribution < 1.29 is 9.59 Å². The minimum atomic E-state index is -0.532. The lowest BCUT2D eigenvalue weighted by Gasteiger charge is -2.24. The highest BCUT2D eigenvalue weighted by molar-refractivity contribution is 6.16. The third kappa shape index (κ3) is 3.47. The summed E-state index contributed by atoms with van der Waals surface area (Å²) in [7, 11) is 1.96. The van der Waals surface area contributed by atoms with E-state index in [9.17, 15) is 9.59 Å². The Kier molecular flexibility index (Phi) is 4.69. The molecule has 1 saturated heterocycles. The third-order valence-electron chi connectivity index (χ3n) is 8.45. The number of aryl methyl sites for hydroxylation is 2. The van der Waals surface area contributed by atoms with E-state index in [2.05, 4.69) is 48.4 Å². The van der Waals surface area contributed by atoms with Crippen molar-refractivity contribution in [2.45, 2.75) is 44.6 Å². The molecule has 3 heterocycles. The highest BCUT2D eigenvalue weighted by Gasteiger charge is 2.57. The first-order valence-corrected chi connectivity index (χ1v) is 13.2. The van der Waals surface area contributed by atoms with Crippen LogP contribution in [-0.2, 0) is 16.6 Å². The van der Waals surface area contributed by atoms with Gasteiger partial charge in [-0.15, -0.1) is 0 Å². The Morgan fingerprint density at radius 3 is 2.64 bits per heavy atom. The molecule has 7 nitrogen and oxygen atoms in total. The normalized spacial score (nSPS) is 22.7. The number of benzene rings is 2. The van der Waals surface area contributed by atoms with E-state index in [0.717, 1.165) is 78.6 Å². The highest BCUT2D eigenvalue weighted by atomic mass is 16.2. The minimum Gasteiger partial charge on any atom is -0.342 e. The van der Waals surface area contributed by atoms with Crippen LogP contribution < -0.4 is 0 Å². The molecule has 7 heteroatoms. The van der Waals surface area contributed by atoms with E-state index in [0.29, 0.717) is 18.4 Å². The summed E-state index contributed by atoms with van der Waals surface area (Å²) >= 11 is 0. The molecule has 36 heavy (non-hydrogen) atoms. The van der Waals surface area contributed by atoms with Crippen LogP contribution in [0.3, 0.4) is 0 Å². The Labute approximate surface area is 210 Å². The van der Waals surface area contributed by atoms with Crippen molar-refractivity contribution >= 4 is 28.6 Å². The summed E-state index contributed by atoms with van der Waals surface area (Å²) in [6.07, 6.45) is 6.61. The second-order valence-corrected chi connectivity index (χ2v) is 11.2. The van der Waals surface area contributed by atoms with Gasteiger partial charge in [0.15, 0.2) is 0 Å². The van der Waals surface area contributed by atoms with Crippen molar-refractivity contribution in [2.75, 3.05) is 19.6 Å². The molecule has 2 amide bonds. The van der Waals surface area contributed by atoms with Gasteiger partial charge in [0, 0.05) is 43.5 Å². The van der Waals surface area contributed by atoms with Crippen LogP contribution in [0, 0.1) is 18.8 Å². The zero-order chi connectivity index (χ0) is 24.6. The monoisotopic (exact) mass is 481 g/mol. The molecular formula is C29H31N5O2. The molecule has 3 fully saturated rings. The number of fused-ring (bicyclic) bond motifs is 1. The molecule has 2 aliphatic carbocycles. The zero-order valence-electron chi connectivity index (χ0n) is 20.9. The molecule has 2 aromatic carbocycles. The lowest BCUT2D eigenvalue weighted by molar-refractivity contribution is -0.131. The fraction of sp³-hybridized carbons (Fsp3) is 0.448. The van der Waals surface area contributed by atoms with E-state index in [1.807, 2.05) is 27.7 Å². The number of hydrogen-bond acceptors (Lipinski definition) is 4. The van der Waals surface area contributed by atoms with Gasteiger partial charge < -0.3 is 4.90 Å². The average molecular weight is 482 g/mol. The fourth-order valence-corrected chi connectivity index (χ4v) is 5.98. The van der Waals surface area contributed by atoms with E-state index in [1.165, 1.54) is 5.56 Å². The minimum absolute atomic E-state index is 0.147. The van der Waals surface area contributed by atoms with Crippen molar-refractivity contribution in [3.8, 4) is 11.1 Å². The number of aromatic nitrogens is 2. The Balaban J connectivity index is 1.15. The van der Waals surface area contributed by atoms with Crippen molar-refractivity contribution in [2.24, 2.45) is 23.9 Å². The molecule has 2 saturated carbocycles. The highest BCUT2D eigenvalue weighted by Crippen LogP contribution is 2.46. The number of rotatable bonds is 5. The van der Waals surface area contributed by atoms with Crippen molar-refractivity contribution in [3.05, 3.63) is 53.7 Å². The molecule has 184 valence electrons. The molecular weight excluding hydrogens is 450 g/mol. The smallest absolute Gasteiger partial charge is 0.256 e. The maximum Gasteiger partial charge on any atom is 0.256 e. The topological polar surface area (TPSA) is 70.8 Å². The Morgan fingerprint density at radius 1 is 1.08 bits per heavy atom. The lowest BCUT2D eigenvalue weighted by Crippen LogP contribution is -2.41. The van der Waals surface area contributed by atoms with Gasteiger partial charge in [-0.1, -0.05) is 18.2 Å². The van der Waals surface area contributed by atoms with Crippen molar-refractivity contribution in [3.63, 3.8) is 0 Å². The second kappa shape index (κ2) is 7.76. The maximum absolute atomic E-state index is 13.4. The maximum atomic E-state index is 13.4. The van der Waals surface area contributed by atoms with Crippen LogP contribution in [0.25, 0.3) is 22.0 Å². The van der Waals surface area contributed by atoms with Gasteiger partial charge in [-0.2, -0.15) is 5.10 Å². The van der Waals surface area contributed by atoms with Gasteiger partial charge in [0.25, 0.3) is 5.91 Å². The number of carbonyl (C=O) groups is 2. The fourth-order valence-electron chi connectivity index (χ4n) is 5.98. The largest absolute Gasteiger partial charge is 0.342 e. The summed E-state index contributed by atoms with van der Waals surface area (Å²) in [5.74, 6) is 1.83. The van der Waals surface area contributed by atoms with E-state index in [1.54, 1.807) is 0 Å². The summed E-state index contributed by atoms with van der Waals surface area (Å²) < 4.78 is 1.89. The lowest BCUT2D eigenvalue weighted by atomic mass is 9.97. The predicted octanol–water partition coefficient (Wildman–Crippen LogP) is 3.93. The Bertz CT molecular complexity index is 1450.